The first-order chi connectivity index (χ1) is 7.76. The van der Waals surface area contributed by atoms with Gasteiger partial charge in [0, 0.05) is 6.54 Å². The van der Waals surface area contributed by atoms with Gasteiger partial charge in [0.15, 0.2) is 0 Å². The normalized spacial score (nSPS) is 17.7. The van der Waals surface area contributed by atoms with Crippen molar-refractivity contribution in [1.82, 2.24) is 15.1 Å². The minimum absolute atomic E-state index is 0.441. The van der Waals surface area contributed by atoms with E-state index in [0.29, 0.717) is 6.04 Å². The molecule has 90 valence electrons. The Balaban J connectivity index is 2.16. The van der Waals surface area contributed by atoms with Gasteiger partial charge in [0.25, 0.3) is 0 Å². The highest BCUT2D eigenvalue weighted by molar-refractivity contribution is 9.10. The van der Waals surface area contributed by atoms with E-state index in [1.54, 1.807) is 0 Å². The lowest BCUT2D eigenvalue weighted by molar-refractivity contribution is 0.456. The predicted octanol–water partition coefficient (Wildman–Crippen LogP) is 3.12. The third kappa shape index (κ3) is 2.66. The Hall–Kier alpha value is -0.350. The van der Waals surface area contributed by atoms with Crippen molar-refractivity contribution in [3.8, 4) is 0 Å². The molecule has 0 bridgehead atoms. The first-order valence-corrected chi connectivity index (χ1v) is 6.94. The van der Waals surface area contributed by atoms with E-state index >= 15 is 0 Å². The van der Waals surface area contributed by atoms with Crippen molar-refractivity contribution in [2.24, 2.45) is 5.92 Å². The van der Waals surface area contributed by atoms with Gasteiger partial charge in [-0.15, -0.1) is 0 Å². The third-order valence-corrected chi connectivity index (χ3v) is 3.82. The van der Waals surface area contributed by atoms with Crippen LogP contribution >= 0.6 is 15.9 Å². The van der Waals surface area contributed by atoms with E-state index in [9.17, 15) is 0 Å². The standard InChI is InChI=1S/C12H20BrN3/c1-3-6-16-12(10(13)8-15-16)11(14-2)7-9-4-5-9/h8-9,11,14H,3-7H2,1-2H3. The maximum absolute atomic E-state index is 4.43. The molecule has 3 nitrogen and oxygen atoms in total. The fraction of sp³-hybridized carbons (Fsp3) is 0.750. The van der Waals surface area contributed by atoms with Crippen molar-refractivity contribution >= 4 is 15.9 Å². The van der Waals surface area contributed by atoms with Crippen LogP contribution in [0.5, 0.6) is 0 Å². The van der Waals surface area contributed by atoms with Crippen LogP contribution in [-0.4, -0.2) is 16.8 Å². The number of nitrogens with zero attached hydrogens (tertiary/aromatic N) is 2. The largest absolute Gasteiger partial charge is 0.312 e. The van der Waals surface area contributed by atoms with Crippen LogP contribution in [0.1, 0.15) is 44.3 Å². The Bertz CT molecular complexity index is 344. The number of aryl methyl sites for hydroxylation is 1. The van der Waals surface area contributed by atoms with Crippen LogP contribution in [0.3, 0.4) is 0 Å². The van der Waals surface area contributed by atoms with E-state index in [2.05, 4.69) is 38.0 Å². The van der Waals surface area contributed by atoms with Crippen LogP contribution in [0.15, 0.2) is 10.7 Å². The van der Waals surface area contributed by atoms with E-state index in [0.717, 1.165) is 23.4 Å². The molecule has 1 atom stereocenters. The monoisotopic (exact) mass is 285 g/mol. The number of aromatic nitrogens is 2. The van der Waals surface area contributed by atoms with Gasteiger partial charge in [-0.25, -0.2) is 0 Å². The van der Waals surface area contributed by atoms with Gasteiger partial charge in [0.1, 0.15) is 0 Å². The molecule has 2 rings (SSSR count). The molecule has 1 aromatic heterocycles. The van der Waals surface area contributed by atoms with Gasteiger partial charge >= 0.3 is 0 Å². The van der Waals surface area contributed by atoms with E-state index in [4.69, 9.17) is 0 Å². The lowest BCUT2D eigenvalue weighted by Crippen LogP contribution is -2.21. The van der Waals surface area contributed by atoms with Crippen molar-refractivity contribution in [2.75, 3.05) is 7.05 Å². The van der Waals surface area contributed by atoms with Crippen molar-refractivity contribution in [3.05, 3.63) is 16.4 Å². The number of hydrogen-bond donors (Lipinski definition) is 1. The van der Waals surface area contributed by atoms with Crippen LogP contribution in [-0.2, 0) is 6.54 Å². The zero-order chi connectivity index (χ0) is 11.5. The Morgan fingerprint density at radius 1 is 1.62 bits per heavy atom. The van der Waals surface area contributed by atoms with Crippen LogP contribution in [0.2, 0.25) is 0 Å². The maximum Gasteiger partial charge on any atom is 0.0695 e. The van der Waals surface area contributed by atoms with E-state index < -0.39 is 0 Å². The summed E-state index contributed by atoms with van der Waals surface area (Å²) >= 11 is 3.62. The predicted molar refractivity (Wildman–Crippen MR) is 69.4 cm³/mol. The molecule has 1 heterocycles. The van der Waals surface area contributed by atoms with Crippen molar-refractivity contribution in [1.29, 1.82) is 0 Å². The van der Waals surface area contributed by atoms with Crippen molar-refractivity contribution in [3.63, 3.8) is 0 Å². The molecule has 4 heteroatoms. The summed E-state index contributed by atoms with van der Waals surface area (Å²) in [5.41, 5.74) is 1.32. The van der Waals surface area contributed by atoms with Crippen molar-refractivity contribution < 1.29 is 0 Å². The third-order valence-electron chi connectivity index (χ3n) is 3.21. The van der Waals surface area contributed by atoms with E-state index in [-0.39, 0.29) is 0 Å². The molecule has 16 heavy (non-hydrogen) atoms. The lowest BCUT2D eigenvalue weighted by atomic mass is 10.1. The van der Waals surface area contributed by atoms with Crippen molar-refractivity contribution in [2.45, 2.75) is 45.2 Å². The fourth-order valence-corrected chi connectivity index (χ4v) is 2.73. The zero-order valence-corrected chi connectivity index (χ0v) is 11.6. The van der Waals surface area contributed by atoms with Crippen LogP contribution in [0.4, 0.5) is 0 Å². The van der Waals surface area contributed by atoms with Crippen LogP contribution in [0, 0.1) is 5.92 Å². The molecule has 1 aliphatic carbocycles. The first-order valence-electron chi connectivity index (χ1n) is 6.14. The van der Waals surface area contributed by atoms with E-state index in [1.807, 2.05) is 13.2 Å². The van der Waals surface area contributed by atoms with Gasteiger partial charge in [0.2, 0.25) is 0 Å². The van der Waals surface area contributed by atoms with Crippen LogP contribution in [0.25, 0.3) is 0 Å². The molecule has 0 saturated heterocycles. The SMILES string of the molecule is CCCn1ncc(Br)c1C(CC1CC1)NC. The quantitative estimate of drug-likeness (QED) is 0.870. The summed E-state index contributed by atoms with van der Waals surface area (Å²) in [6.45, 7) is 3.19. The lowest BCUT2D eigenvalue weighted by Gasteiger charge is -2.18. The van der Waals surface area contributed by atoms with Gasteiger partial charge in [-0.05, 0) is 41.7 Å². The molecule has 0 aliphatic heterocycles. The van der Waals surface area contributed by atoms with Gasteiger partial charge < -0.3 is 5.32 Å². The average Bonchev–Trinajstić information content (AvgIpc) is 3.02. The summed E-state index contributed by atoms with van der Waals surface area (Å²) in [4.78, 5) is 0. The zero-order valence-electron chi connectivity index (χ0n) is 10.0. The van der Waals surface area contributed by atoms with Gasteiger partial charge in [0.05, 0.1) is 22.4 Å². The average molecular weight is 286 g/mol. The second-order valence-electron chi connectivity index (χ2n) is 4.62. The fourth-order valence-electron chi connectivity index (χ4n) is 2.16. The molecular formula is C12H20BrN3. The molecule has 1 aliphatic rings. The molecule has 1 saturated carbocycles. The molecule has 1 unspecified atom stereocenters. The summed E-state index contributed by atoms with van der Waals surface area (Å²) in [6, 6.07) is 0.441. The number of hydrogen-bond acceptors (Lipinski definition) is 2. The summed E-state index contributed by atoms with van der Waals surface area (Å²) < 4.78 is 3.27. The van der Waals surface area contributed by atoms with Gasteiger partial charge in [-0.2, -0.15) is 5.10 Å². The molecule has 1 fully saturated rings. The Labute approximate surface area is 106 Å². The molecule has 0 amide bonds. The molecule has 0 aromatic carbocycles. The Morgan fingerprint density at radius 3 is 2.94 bits per heavy atom. The highest BCUT2D eigenvalue weighted by Gasteiger charge is 2.28. The molecular weight excluding hydrogens is 266 g/mol. The maximum atomic E-state index is 4.43. The molecule has 0 radical (unpaired) electrons. The second-order valence-corrected chi connectivity index (χ2v) is 5.48. The van der Waals surface area contributed by atoms with Gasteiger partial charge in [-0.3, -0.25) is 4.68 Å². The Morgan fingerprint density at radius 2 is 2.38 bits per heavy atom. The number of nitrogens with one attached hydrogen (secondary N) is 1. The minimum atomic E-state index is 0.441. The van der Waals surface area contributed by atoms with Crippen LogP contribution < -0.4 is 5.32 Å². The smallest absolute Gasteiger partial charge is 0.0695 e. The molecule has 1 aromatic rings. The highest BCUT2D eigenvalue weighted by Crippen LogP contribution is 2.38. The van der Waals surface area contributed by atoms with Gasteiger partial charge in [-0.1, -0.05) is 19.8 Å². The number of halogens is 1. The Kier molecular flexibility index (Phi) is 4.03. The molecule has 1 N–H and O–H groups in total. The second kappa shape index (κ2) is 5.32. The highest BCUT2D eigenvalue weighted by atomic mass is 79.9. The summed E-state index contributed by atoms with van der Waals surface area (Å²) in [7, 11) is 2.04. The summed E-state index contributed by atoms with van der Waals surface area (Å²) in [5.74, 6) is 0.925. The summed E-state index contributed by atoms with van der Waals surface area (Å²) in [6.07, 6.45) is 7.09. The topological polar surface area (TPSA) is 29.9 Å². The minimum Gasteiger partial charge on any atom is -0.312 e. The first kappa shape index (κ1) is 12.1. The molecule has 0 spiro atoms. The number of rotatable bonds is 6. The van der Waals surface area contributed by atoms with E-state index in [1.165, 1.54) is 25.0 Å². The summed E-state index contributed by atoms with van der Waals surface area (Å²) in [5, 5.41) is 7.86.